The van der Waals surface area contributed by atoms with E-state index in [4.69, 9.17) is 0 Å². The molecule has 0 atom stereocenters. The summed E-state index contributed by atoms with van der Waals surface area (Å²) in [5, 5.41) is 7.91. The quantitative estimate of drug-likeness (QED) is 0.617. The predicted octanol–water partition coefficient (Wildman–Crippen LogP) is 1.56. The number of aromatic nitrogens is 2. The Hall–Kier alpha value is -0.687. The van der Waals surface area contributed by atoms with Crippen molar-refractivity contribution in [3.8, 4) is 0 Å². The fourth-order valence-electron chi connectivity index (χ4n) is 0.883. The van der Waals surface area contributed by atoms with Crippen LogP contribution in [0.5, 0.6) is 0 Å². The van der Waals surface area contributed by atoms with Crippen LogP contribution >= 0.6 is 0 Å². The zero-order valence-corrected chi connectivity index (χ0v) is 8.51. The molecule has 0 spiro atoms. The second-order valence-corrected chi connectivity index (χ2v) is 1.96. The molecular formula is C7H6N2Zn. The smallest absolute Gasteiger partial charge is 0.0650 e. The van der Waals surface area contributed by atoms with Crippen molar-refractivity contribution in [2.75, 3.05) is 0 Å². The maximum atomic E-state index is 3.88. The number of hydrogen-bond acceptors (Lipinski definition) is 1. The molecule has 2 rings (SSSR count). The van der Waals surface area contributed by atoms with Crippen molar-refractivity contribution in [1.29, 1.82) is 0 Å². The van der Waals surface area contributed by atoms with Crippen LogP contribution in [0.15, 0.2) is 30.5 Å². The van der Waals surface area contributed by atoms with Gasteiger partial charge < -0.3 is 0 Å². The molecule has 46 valence electrons. The minimum atomic E-state index is 0. The van der Waals surface area contributed by atoms with Crippen molar-refractivity contribution in [3.05, 3.63) is 30.5 Å². The Labute approximate surface area is 71.4 Å². The first-order valence-electron chi connectivity index (χ1n) is 2.85. The topological polar surface area (TPSA) is 28.7 Å². The van der Waals surface area contributed by atoms with Gasteiger partial charge >= 0.3 is 0 Å². The molecule has 10 heavy (non-hydrogen) atoms. The van der Waals surface area contributed by atoms with Crippen LogP contribution in [-0.2, 0) is 19.5 Å². The van der Waals surface area contributed by atoms with Crippen LogP contribution in [0.1, 0.15) is 0 Å². The van der Waals surface area contributed by atoms with Gasteiger partial charge in [-0.05, 0) is 6.07 Å². The molecule has 1 aromatic heterocycles. The summed E-state index contributed by atoms with van der Waals surface area (Å²) in [5.74, 6) is 0. The number of hydrogen-bond donors (Lipinski definition) is 1. The summed E-state index contributed by atoms with van der Waals surface area (Å²) in [6, 6.07) is 8.01. The van der Waals surface area contributed by atoms with E-state index in [1.165, 1.54) is 0 Å². The fourth-order valence-corrected chi connectivity index (χ4v) is 0.883. The number of fused-ring (bicyclic) bond motifs is 1. The number of nitrogens with zero attached hydrogens (tertiary/aromatic N) is 1. The molecule has 1 heterocycles. The van der Waals surface area contributed by atoms with E-state index < -0.39 is 0 Å². The van der Waals surface area contributed by atoms with Gasteiger partial charge in [0.05, 0.1) is 11.7 Å². The van der Waals surface area contributed by atoms with Gasteiger partial charge in [0.25, 0.3) is 0 Å². The third-order valence-corrected chi connectivity index (χ3v) is 1.35. The maximum absolute atomic E-state index is 3.88. The van der Waals surface area contributed by atoms with Crippen molar-refractivity contribution < 1.29 is 19.5 Å². The van der Waals surface area contributed by atoms with Crippen LogP contribution in [0, 0.1) is 0 Å². The Morgan fingerprint density at radius 1 is 1.20 bits per heavy atom. The molecule has 2 nitrogen and oxygen atoms in total. The van der Waals surface area contributed by atoms with E-state index in [1.807, 2.05) is 30.5 Å². The maximum Gasteiger partial charge on any atom is 0.0650 e. The zero-order valence-electron chi connectivity index (χ0n) is 5.54. The van der Waals surface area contributed by atoms with Gasteiger partial charge in [-0.25, -0.2) is 0 Å². The molecule has 0 bridgehead atoms. The Morgan fingerprint density at radius 3 is 2.80 bits per heavy atom. The summed E-state index contributed by atoms with van der Waals surface area (Å²) in [6.07, 6.45) is 1.81. The molecule has 1 N–H and O–H groups in total. The number of para-hydroxylation sites is 1. The second kappa shape index (κ2) is 2.93. The standard InChI is InChI=1S/C7H6N2.Zn/c1-2-4-7-6(3-1)5-8-9-7;/h1-5H,(H,8,9);. The number of benzene rings is 1. The molecule has 2 aromatic rings. The minimum Gasteiger partial charge on any atom is -0.278 e. The summed E-state index contributed by atoms with van der Waals surface area (Å²) in [7, 11) is 0. The van der Waals surface area contributed by atoms with E-state index in [0.717, 1.165) is 10.9 Å². The van der Waals surface area contributed by atoms with Crippen LogP contribution in [-0.4, -0.2) is 10.2 Å². The molecular weight excluding hydrogens is 177 g/mol. The van der Waals surface area contributed by atoms with E-state index in [0.29, 0.717) is 0 Å². The van der Waals surface area contributed by atoms with Crippen molar-refractivity contribution in [2.24, 2.45) is 0 Å². The average molecular weight is 184 g/mol. The van der Waals surface area contributed by atoms with Crippen LogP contribution < -0.4 is 0 Å². The first-order valence-corrected chi connectivity index (χ1v) is 2.85. The third kappa shape index (κ3) is 1.10. The van der Waals surface area contributed by atoms with Crippen molar-refractivity contribution >= 4 is 10.9 Å². The van der Waals surface area contributed by atoms with E-state index in [9.17, 15) is 0 Å². The number of aromatic amines is 1. The molecule has 0 fully saturated rings. The first kappa shape index (κ1) is 7.42. The monoisotopic (exact) mass is 182 g/mol. The molecule has 0 aliphatic heterocycles. The third-order valence-electron chi connectivity index (χ3n) is 1.35. The van der Waals surface area contributed by atoms with Gasteiger partial charge in [-0.15, -0.1) is 0 Å². The van der Waals surface area contributed by atoms with Gasteiger partial charge in [-0.1, -0.05) is 18.2 Å². The Balaban J connectivity index is 0.000000500. The number of rotatable bonds is 0. The Morgan fingerprint density at radius 2 is 2.00 bits per heavy atom. The molecule has 0 radical (unpaired) electrons. The summed E-state index contributed by atoms with van der Waals surface area (Å²) in [6.45, 7) is 0. The fraction of sp³-hybridized carbons (Fsp3) is 0. The average Bonchev–Trinajstić information content (AvgIpc) is 2.33. The number of H-pyrrole nitrogens is 1. The van der Waals surface area contributed by atoms with Gasteiger partial charge in [-0.2, -0.15) is 5.10 Å². The summed E-state index contributed by atoms with van der Waals surface area (Å²) in [5.41, 5.74) is 1.09. The van der Waals surface area contributed by atoms with Crippen LogP contribution in [0.3, 0.4) is 0 Å². The van der Waals surface area contributed by atoms with Gasteiger partial charge in [0.15, 0.2) is 0 Å². The van der Waals surface area contributed by atoms with Crippen molar-refractivity contribution in [1.82, 2.24) is 10.2 Å². The SMILES string of the molecule is [Zn].c1ccc2[nH]ncc2c1. The molecule has 0 saturated carbocycles. The number of nitrogens with one attached hydrogen (secondary N) is 1. The normalized spacial score (nSPS) is 9.20. The first-order chi connectivity index (χ1) is 4.47. The van der Waals surface area contributed by atoms with Gasteiger partial charge in [-0.3, -0.25) is 5.10 Å². The van der Waals surface area contributed by atoms with E-state index in [1.54, 1.807) is 0 Å². The van der Waals surface area contributed by atoms with Crippen molar-refractivity contribution in [3.63, 3.8) is 0 Å². The molecule has 0 amide bonds. The molecule has 0 aliphatic rings. The molecule has 0 saturated heterocycles. The molecule has 3 heteroatoms. The Kier molecular flexibility index (Phi) is 2.18. The summed E-state index contributed by atoms with van der Waals surface area (Å²) in [4.78, 5) is 0. The molecule has 0 unspecified atom stereocenters. The van der Waals surface area contributed by atoms with Crippen LogP contribution in [0.2, 0.25) is 0 Å². The van der Waals surface area contributed by atoms with Crippen molar-refractivity contribution in [2.45, 2.75) is 0 Å². The zero-order chi connectivity index (χ0) is 6.10. The Bertz CT molecular complexity index is 286. The summed E-state index contributed by atoms with van der Waals surface area (Å²) >= 11 is 0. The molecule has 0 aliphatic carbocycles. The predicted molar refractivity (Wildman–Crippen MR) is 36.1 cm³/mol. The van der Waals surface area contributed by atoms with E-state index in [2.05, 4.69) is 10.2 Å². The second-order valence-electron chi connectivity index (χ2n) is 1.96. The summed E-state index contributed by atoms with van der Waals surface area (Å²) < 4.78 is 0. The van der Waals surface area contributed by atoms with Gasteiger partial charge in [0.2, 0.25) is 0 Å². The van der Waals surface area contributed by atoms with E-state index >= 15 is 0 Å². The van der Waals surface area contributed by atoms with Crippen LogP contribution in [0.4, 0.5) is 0 Å². The van der Waals surface area contributed by atoms with Gasteiger partial charge in [0.1, 0.15) is 0 Å². The molecule has 1 aromatic carbocycles. The van der Waals surface area contributed by atoms with Crippen LogP contribution in [0.25, 0.3) is 10.9 Å². The van der Waals surface area contributed by atoms with Gasteiger partial charge in [0, 0.05) is 24.9 Å². The van der Waals surface area contributed by atoms with E-state index in [-0.39, 0.29) is 19.5 Å². The largest absolute Gasteiger partial charge is 0.278 e. The minimum absolute atomic E-state index is 0.